The predicted molar refractivity (Wildman–Crippen MR) is 101 cm³/mol. The maximum Gasteiger partial charge on any atom is 0.225 e. The summed E-state index contributed by atoms with van der Waals surface area (Å²) in [6, 6.07) is 0. The van der Waals surface area contributed by atoms with E-state index in [1.165, 1.54) is 0 Å². The average molecular weight is 354 g/mol. The summed E-state index contributed by atoms with van der Waals surface area (Å²) in [6.45, 7) is 11.5. The van der Waals surface area contributed by atoms with Crippen LogP contribution in [0.4, 0.5) is 0 Å². The molecule has 1 heterocycles. The van der Waals surface area contributed by atoms with Crippen LogP contribution in [-0.2, 0) is 9.53 Å². The zero-order chi connectivity index (χ0) is 18.4. The van der Waals surface area contributed by atoms with E-state index in [0.29, 0.717) is 12.5 Å². The molecule has 25 heavy (non-hydrogen) atoms. The van der Waals surface area contributed by atoms with Gasteiger partial charge in [-0.05, 0) is 62.7 Å². The lowest BCUT2D eigenvalue weighted by Gasteiger charge is -2.37. The molecule has 1 saturated heterocycles. The lowest BCUT2D eigenvalue weighted by Crippen LogP contribution is -2.41. The summed E-state index contributed by atoms with van der Waals surface area (Å²) in [5.74, 6) is 2.53. The summed E-state index contributed by atoms with van der Waals surface area (Å²) < 4.78 is 5.86. The molecule has 1 aliphatic heterocycles. The van der Waals surface area contributed by atoms with Gasteiger partial charge in [-0.25, -0.2) is 0 Å². The van der Waals surface area contributed by atoms with Gasteiger partial charge < -0.3 is 14.7 Å². The average Bonchev–Trinajstić information content (AvgIpc) is 2.59. The Morgan fingerprint density at radius 3 is 2.24 bits per heavy atom. The van der Waals surface area contributed by atoms with Crippen LogP contribution in [0.3, 0.4) is 0 Å². The van der Waals surface area contributed by atoms with Gasteiger partial charge in [0.15, 0.2) is 0 Å². The highest BCUT2D eigenvalue weighted by molar-refractivity contribution is 5.78. The van der Waals surface area contributed by atoms with Crippen molar-refractivity contribution in [3.05, 3.63) is 0 Å². The van der Waals surface area contributed by atoms with E-state index in [-0.39, 0.29) is 11.8 Å². The summed E-state index contributed by atoms with van der Waals surface area (Å²) in [7, 11) is 0. The zero-order valence-electron chi connectivity index (χ0n) is 16.8. The first-order chi connectivity index (χ1) is 11.8. The number of nitrogens with zero attached hydrogens (tertiary/aromatic N) is 1. The van der Waals surface area contributed by atoms with Gasteiger partial charge >= 0.3 is 0 Å². The van der Waals surface area contributed by atoms with Crippen LogP contribution in [0.2, 0.25) is 0 Å². The lowest BCUT2D eigenvalue weighted by atomic mass is 9.75. The number of ether oxygens (including phenoxy) is 1. The fourth-order valence-corrected chi connectivity index (χ4v) is 4.31. The molecular weight excluding hydrogens is 314 g/mol. The van der Waals surface area contributed by atoms with Crippen LogP contribution >= 0.6 is 0 Å². The molecule has 2 fully saturated rings. The van der Waals surface area contributed by atoms with E-state index in [0.717, 1.165) is 76.5 Å². The first-order valence-electron chi connectivity index (χ1n) is 10.4. The third-order valence-corrected chi connectivity index (χ3v) is 6.37. The number of aliphatic hydroxyl groups is 1. The number of rotatable bonds is 7. The van der Waals surface area contributed by atoms with Crippen molar-refractivity contribution in [2.45, 2.75) is 78.2 Å². The molecule has 1 saturated carbocycles. The molecule has 0 unspecified atom stereocenters. The topological polar surface area (TPSA) is 49.8 Å². The number of likely N-dealkylation sites (tertiary alicyclic amines) is 1. The van der Waals surface area contributed by atoms with Gasteiger partial charge in [-0.2, -0.15) is 0 Å². The van der Waals surface area contributed by atoms with E-state index < -0.39 is 5.60 Å². The Labute approximate surface area is 154 Å². The highest BCUT2D eigenvalue weighted by Crippen LogP contribution is 2.36. The molecule has 1 aliphatic carbocycles. The van der Waals surface area contributed by atoms with Gasteiger partial charge in [0.05, 0.1) is 12.2 Å². The minimum atomic E-state index is -0.599. The van der Waals surface area contributed by atoms with Gasteiger partial charge in [0, 0.05) is 25.6 Å². The predicted octanol–water partition coefficient (Wildman–Crippen LogP) is 3.87. The Kier molecular flexibility index (Phi) is 7.75. The fraction of sp³-hybridized carbons (Fsp3) is 0.952. The van der Waals surface area contributed by atoms with Crippen LogP contribution in [0.15, 0.2) is 0 Å². The van der Waals surface area contributed by atoms with E-state index in [1.54, 1.807) is 0 Å². The van der Waals surface area contributed by atoms with Gasteiger partial charge in [0.2, 0.25) is 5.91 Å². The molecule has 1 amide bonds. The minimum Gasteiger partial charge on any atom is -0.387 e. The van der Waals surface area contributed by atoms with Crippen molar-refractivity contribution in [3.8, 4) is 0 Å². The Morgan fingerprint density at radius 2 is 1.72 bits per heavy atom. The number of amides is 1. The molecule has 4 heteroatoms. The molecule has 2 aliphatic rings. The third-order valence-electron chi connectivity index (χ3n) is 6.37. The molecular formula is C21H39NO3. The van der Waals surface area contributed by atoms with Crippen LogP contribution < -0.4 is 0 Å². The van der Waals surface area contributed by atoms with E-state index >= 15 is 0 Å². The van der Waals surface area contributed by atoms with Gasteiger partial charge in [0.1, 0.15) is 0 Å². The molecule has 0 aromatic heterocycles. The molecule has 146 valence electrons. The number of carbonyl (C=O) groups is 1. The molecule has 0 bridgehead atoms. The summed E-state index contributed by atoms with van der Waals surface area (Å²) in [6.07, 6.45) is 7.23. The van der Waals surface area contributed by atoms with Crippen molar-refractivity contribution in [1.29, 1.82) is 0 Å². The maximum absolute atomic E-state index is 12.0. The standard InChI is InChI=1S/C21H39NO3/c1-16(2)19-5-10-21(24,11-6-19)15-25-14-9-18-7-12-22(13-8-18)20(23)17(3)4/h16-19,24H,5-15H2,1-4H3. The van der Waals surface area contributed by atoms with Gasteiger partial charge in [-0.1, -0.05) is 27.7 Å². The Bertz CT molecular complexity index is 405. The quantitative estimate of drug-likeness (QED) is 0.707. The molecule has 1 N–H and O–H groups in total. The Hall–Kier alpha value is -0.610. The van der Waals surface area contributed by atoms with Crippen molar-refractivity contribution >= 4 is 5.91 Å². The monoisotopic (exact) mass is 353 g/mol. The molecule has 0 aromatic rings. The molecule has 0 spiro atoms. The van der Waals surface area contributed by atoms with Gasteiger partial charge in [-0.15, -0.1) is 0 Å². The summed E-state index contributed by atoms with van der Waals surface area (Å²) in [4.78, 5) is 14.0. The minimum absolute atomic E-state index is 0.103. The maximum atomic E-state index is 12.0. The number of carbonyl (C=O) groups excluding carboxylic acids is 1. The summed E-state index contributed by atoms with van der Waals surface area (Å²) >= 11 is 0. The second kappa shape index (κ2) is 9.36. The molecule has 4 nitrogen and oxygen atoms in total. The summed E-state index contributed by atoms with van der Waals surface area (Å²) in [5.41, 5.74) is -0.599. The zero-order valence-corrected chi connectivity index (χ0v) is 16.8. The van der Waals surface area contributed by atoms with Crippen molar-refractivity contribution in [3.63, 3.8) is 0 Å². The Morgan fingerprint density at radius 1 is 1.12 bits per heavy atom. The van der Waals surface area contributed by atoms with E-state index in [4.69, 9.17) is 4.74 Å². The highest BCUT2D eigenvalue weighted by atomic mass is 16.5. The molecule has 2 rings (SSSR count). The highest BCUT2D eigenvalue weighted by Gasteiger charge is 2.34. The fourth-order valence-electron chi connectivity index (χ4n) is 4.31. The van der Waals surface area contributed by atoms with Crippen LogP contribution in [0.25, 0.3) is 0 Å². The largest absolute Gasteiger partial charge is 0.387 e. The number of hydrogen-bond acceptors (Lipinski definition) is 3. The van der Waals surface area contributed by atoms with Crippen LogP contribution in [-0.4, -0.2) is 47.8 Å². The second-order valence-corrected chi connectivity index (χ2v) is 9.07. The third kappa shape index (κ3) is 6.25. The molecule has 0 atom stereocenters. The SMILES string of the molecule is CC(C)C(=O)N1CCC(CCOCC2(O)CCC(C(C)C)CC2)CC1. The van der Waals surface area contributed by atoms with E-state index in [1.807, 2.05) is 18.7 Å². The van der Waals surface area contributed by atoms with E-state index in [9.17, 15) is 9.90 Å². The Balaban J connectivity index is 1.59. The smallest absolute Gasteiger partial charge is 0.225 e. The molecule has 0 aromatic carbocycles. The number of piperidine rings is 1. The summed E-state index contributed by atoms with van der Waals surface area (Å²) in [5, 5.41) is 10.7. The van der Waals surface area contributed by atoms with Crippen LogP contribution in [0, 0.1) is 23.7 Å². The molecule has 0 radical (unpaired) electrons. The van der Waals surface area contributed by atoms with Gasteiger partial charge in [0.25, 0.3) is 0 Å². The number of hydrogen-bond donors (Lipinski definition) is 1. The van der Waals surface area contributed by atoms with Crippen molar-refractivity contribution in [2.24, 2.45) is 23.7 Å². The normalized spacial score (nSPS) is 28.8. The lowest BCUT2D eigenvalue weighted by molar-refractivity contribution is -0.136. The van der Waals surface area contributed by atoms with Gasteiger partial charge in [-0.3, -0.25) is 4.79 Å². The van der Waals surface area contributed by atoms with E-state index in [2.05, 4.69) is 13.8 Å². The van der Waals surface area contributed by atoms with Crippen molar-refractivity contribution < 1.29 is 14.6 Å². The van der Waals surface area contributed by atoms with Crippen molar-refractivity contribution in [2.75, 3.05) is 26.3 Å². The van der Waals surface area contributed by atoms with Crippen LogP contribution in [0.1, 0.15) is 72.6 Å². The first-order valence-corrected chi connectivity index (χ1v) is 10.4. The first kappa shape index (κ1) is 20.7. The second-order valence-electron chi connectivity index (χ2n) is 9.07. The van der Waals surface area contributed by atoms with Crippen LogP contribution in [0.5, 0.6) is 0 Å². The van der Waals surface area contributed by atoms with Crippen molar-refractivity contribution in [1.82, 2.24) is 4.90 Å².